The average molecular weight is 232 g/mol. The summed E-state index contributed by atoms with van der Waals surface area (Å²) in [5.41, 5.74) is -2.79. The van der Waals surface area contributed by atoms with Crippen molar-refractivity contribution in [3.05, 3.63) is 40.2 Å². The highest BCUT2D eigenvalue weighted by atomic mass is 19.4. The molecule has 0 amide bonds. The van der Waals surface area contributed by atoms with E-state index in [2.05, 4.69) is 9.97 Å². The first-order chi connectivity index (χ1) is 7.41. The van der Waals surface area contributed by atoms with Crippen LogP contribution in [0.3, 0.4) is 0 Å². The summed E-state index contributed by atoms with van der Waals surface area (Å²) < 4.78 is 50.5. The second-order valence-electron chi connectivity index (χ2n) is 3.05. The Labute approximate surface area is 85.7 Å². The molecule has 0 unspecified atom stereocenters. The van der Waals surface area contributed by atoms with Crippen LogP contribution < -0.4 is 5.43 Å². The summed E-state index contributed by atoms with van der Waals surface area (Å²) in [6.45, 7) is 0. The standard InChI is InChI=1S/C9H4F4N2O/c10-8-6(9(11,12)13)7-4(3-15-8)5(16)1-2-14-7/h1-3H,(H,14,16). The molecule has 2 aromatic heterocycles. The Morgan fingerprint density at radius 1 is 1.31 bits per heavy atom. The largest absolute Gasteiger partial charge is 0.422 e. The molecule has 2 aromatic rings. The van der Waals surface area contributed by atoms with Crippen LogP contribution in [0.5, 0.6) is 0 Å². The molecule has 0 saturated carbocycles. The maximum absolute atomic E-state index is 13.0. The summed E-state index contributed by atoms with van der Waals surface area (Å²) in [6, 6.07) is 1.04. The van der Waals surface area contributed by atoms with Crippen molar-refractivity contribution in [1.29, 1.82) is 0 Å². The number of nitrogens with one attached hydrogen (secondary N) is 1. The van der Waals surface area contributed by atoms with E-state index in [0.29, 0.717) is 0 Å². The van der Waals surface area contributed by atoms with Crippen molar-refractivity contribution in [1.82, 2.24) is 9.97 Å². The predicted octanol–water partition coefficient (Wildman–Crippen LogP) is 2.08. The first kappa shape index (κ1) is 10.6. The van der Waals surface area contributed by atoms with E-state index in [1.54, 1.807) is 0 Å². The van der Waals surface area contributed by atoms with Gasteiger partial charge in [-0.15, -0.1) is 0 Å². The second-order valence-corrected chi connectivity index (χ2v) is 3.05. The third-order valence-electron chi connectivity index (χ3n) is 2.04. The first-order valence-electron chi connectivity index (χ1n) is 4.14. The van der Waals surface area contributed by atoms with Gasteiger partial charge in [0.2, 0.25) is 5.95 Å². The third-order valence-corrected chi connectivity index (χ3v) is 2.04. The molecule has 0 saturated heterocycles. The molecule has 16 heavy (non-hydrogen) atoms. The third kappa shape index (κ3) is 1.54. The number of H-pyrrole nitrogens is 1. The molecule has 0 aromatic carbocycles. The normalized spacial score (nSPS) is 12.0. The fraction of sp³-hybridized carbons (Fsp3) is 0.111. The smallest absolute Gasteiger partial charge is 0.360 e. The molecule has 0 aliphatic carbocycles. The van der Waals surface area contributed by atoms with Crippen LogP contribution in [0, 0.1) is 5.95 Å². The molecule has 1 N–H and O–H groups in total. The Morgan fingerprint density at radius 3 is 2.62 bits per heavy atom. The van der Waals surface area contributed by atoms with Gasteiger partial charge in [0.15, 0.2) is 5.43 Å². The van der Waals surface area contributed by atoms with E-state index >= 15 is 0 Å². The van der Waals surface area contributed by atoms with Crippen molar-refractivity contribution < 1.29 is 17.6 Å². The molecule has 0 aliphatic heterocycles. The summed E-state index contributed by atoms with van der Waals surface area (Å²) in [5.74, 6) is -1.65. The molecule has 0 atom stereocenters. The molecule has 84 valence electrons. The van der Waals surface area contributed by atoms with Crippen molar-refractivity contribution >= 4 is 10.9 Å². The van der Waals surface area contributed by atoms with Crippen LogP contribution in [0.15, 0.2) is 23.3 Å². The SMILES string of the molecule is O=c1cc[nH]c2c(C(F)(F)F)c(F)ncc12. The quantitative estimate of drug-likeness (QED) is 0.558. The number of fused-ring (bicyclic) bond motifs is 1. The van der Waals surface area contributed by atoms with Crippen LogP contribution in [0.4, 0.5) is 17.6 Å². The molecular weight excluding hydrogens is 228 g/mol. The summed E-state index contributed by atoms with van der Waals surface area (Å²) >= 11 is 0. The first-order valence-corrected chi connectivity index (χ1v) is 4.14. The Kier molecular flexibility index (Phi) is 2.18. The van der Waals surface area contributed by atoms with E-state index in [9.17, 15) is 22.4 Å². The molecule has 0 radical (unpaired) electrons. The molecule has 0 aliphatic rings. The summed E-state index contributed by atoms with van der Waals surface area (Å²) in [6.07, 6.45) is -3.10. The lowest BCUT2D eigenvalue weighted by molar-refractivity contribution is -0.139. The zero-order chi connectivity index (χ0) is 11.9. The molecule has 2 heterocycles. The zero-order valence-corrected chi connectivity index (χ0v) is 7.60. The summed E-state index contributed by atoms with van der Waals surface area (Å²) in [4.78, 5) is 16.4. The van der Waals surface area contributed by atoms with E-state index in [1.165, 1.54) is 0 Å². The Hall–Kier alpha value is -1.92. The lowest BCUT2D eigenvalue weighted by Crippen LogP contribution is -2.14. The van der Waals surface area contributed by atoms with Crippen LogP contribution >= 0.6 is 0 Å². The van der Waals surface area contributed by atoms with Gasteiger partial charge in [0.1, 0.15) is 5.56 Å². The van der Waals surface area contributed by atoms with E-state index < -0.39 is 28.6 Å². The van der Waals surface area contributed by atoms with Crippen LogP contribution in [0.25, 0.3) is 10.9 Å². The van der Waals surface area contributed by atoms with E-state index in [4.69, 9.17) is 0 Å². The molecule has 3 nitrogen and oxygen atoms in total. The maximum atomic E-state index is 13.0. The Bertz CT molecular complexity index is 602. The van der Waals surface area contributed by atoms with Gasteiger partial charge in [-0.1, -0.05) is 0 Å². The molecule has 0 fully saturated rings. The Morgan fingerprint density at radius 2 is 2.00 bits per heavy atom. The number of hydrogen-bond donors (Lipinski definition) is 1. The molecule has 2 rings (SSSR count). The van der Waals surface area contributed by atoms with Crippen molar-refractivity contribution in [3.8, 4) is 0 Å². The summed E-state index contributed by atoms with van der Waals surface area (Å²) in [5, 5.41) is -0.295. The minimum absolute atomic E-state index is 0.295. The fourth-order valence-corrected chi connectivity index (χ4v) is 1.37. The molecule has 0 spiro atoms. The van der Waals surface area contributed by atoms with Crippen molar-refractivity contribution in [3.63, 3.8) is 0 Å². The van der Waals surface area contributed by atoms with Gasteiger partial charge in [-0.3, -0.25) is 4.79 Å². The van der Waals surface area contributed by atoms with E-state index in [0.717, 1.165) is 18.5 Å². The van der Waals surface area contributed by atoms with Gasteiger partial charge in [0.05, 0.1) is 10.9 Å². The monoisotopic (exact) mass is 232 g/mol. The number of alkyl halides is 3. The number of pyridine rings is 2. The van der Waals surface area contributed by atoms with Gasteiger partial charge in [-0.2, -0.15) is 17.6 Å². The van der Waals surface area contributed by atoms with Crippen molar-refractivity contribution in [2.45, 2.75) is 6.18 Å². The van der Waals surface area contributed by atoms with Crippen molar-refractivity contribution in [2.24, 2.45) is 0 Å². The fourth-order valence-electron chi connectivity index (χ4n) is 1.37. The zero-order valence-electron chi connectivity index (χ0n) is 7.60. The number of aromatic nitrogens is 2. The maximum Gasteiger partial charge on any atom is 0.422 e. The lowest BCUT2D eigenvalue weighted by Gasteiger charge is -2.09. The number of rotatable bonds is 0. The number of hydrogen-bond acceptors (Lipinski definition) is 2. The highest BCUT2D eigenvalue weighted by molar-refractivity contribution is 5.80. The van der Waals surface area contributed by atoms with Crippen LogP contribution in [-0.4, -0.2) is 9.97 Å². The highest BCUT2D eigenvalue weighted by Gasteiger charge is 2.37. The lowest BCUT2D eigenvalue weighted by atomic mass is 10.1. The predicted molar refractivity (Wildman–Crippen MR) is 47.3 cm³/mol. The van der Waals surface area contributed by atoms with Crippen LogP contribution in [-0.2, 0) is 6.18 Å². The number of aromatic amines is 1. The van der Waals surface area contributed by atoms with E-state index in [-0.39, 0.29) is 5.39 Å². The molecule has 7 heteroatoms. The minimum atomic E-state index is -4.90. The van der Waals surface area contributed by atoms with Gasteiger partial charge in [-0.25, -0.2) is 4.98 Å². The van der Waals surface area contributed by atoms with Gasteiger partial charge < -0.3 is 4.98 Å². The molecule has 0 bridgehead atoms. The minimum Gasteiger partial charge on any atom is -0.360 e. The second kappa shape index (κ2) is 3.29. The topological polar surface area (TPSA) is 45.8 Å². The van der Waals surface area contributed by atoms with Crippen LogP contribution in [0.1, 0.15) is 5.56 Å². The average Bonchev–Trinajstić information content (AvgIpc) is 2.15. The molecular formula is C9H4F4N2O. The van der Waals surface area contributed by atoms with Gasteiger partial charge in [0.25, 0.3) is 0 Å². The van der Waals surface area contributed by atoms with Gasteiger partial charge >= 0.3 is 6.18 Å². The van der Waals surface area contributed by atoms with Crippen molar-refractivity contribution in [2.75, 3.05) is 0 Å². The van der Waals surface area contributed by atoms with Crippen LogP contribution in [0.2, 0.25) is 0 Å². The van der Waals surface area contributed by atoms with Gasteiger partial charge in [0, 0.05) is 18.5 Å². The Balaban J connectivity index is 2.97. The highest BCUT2D eigenvalue weighted by Crippen LogP contribution is 2.34. The van der Waals surface area contributed by atoms with E-state index in [1.807, 2.05) is 0 Å². The number of halogens is 4. The van der Waals surface area contributed by atoms with Gasteiger partial charge in [-0.05, 0) is 0 Å². The number of nitrogens with zero attached hydrogens (tertiary/aromatic N) is 1. The summed E-state index contributed by atoms with van der Waals surface area (Å²) in [7, 11) is 0.